The van der Waals surface area contributed by atoms with Crippen molar-refractivity contribution in [2.75, 3.05) is 14.1 Å². The summed E-state index contributed by atoms with van der Waals surface area (Å²) in [6.45, 7) is 0. The van der Waals surface area contributed by atoms with Crippen molar-refractivity contribution in [1.82, 2.24) is 14.7 Å². The van der Waals surface area contributed by atoms with Gasteiger partial charge < -0.3 is 4.90 Å². The van der Waals surface area contributed by atoms with Gasteiger partial charge in [-0.1, -0.05) is 6.07 Å². The first kappa shape index (κ1) is 11.4. The average molecular weight is 246 g/mol. The number of hydrogen-bond acceptors (Lipinski definition) is 4. The summed E-state index contributed by atoms with van der Waals surface area (Å²) in [5, 5.41) is 15.1. The molecule has 2 rings (SSSR count). The molecule has 0 atom stereocenters. The molecule has 6 heteroatoms. The molecule has 5 nitrogen and oxygen atoms in total. The third-order valence-electron chi connectivity index (χ3n) is 2.17. The maximum atomic E-state index is 11.7. The van der Waals surface area contributed by atoms with Crippen molar-refractivity contribution in [2.45, 2.75) is 0 Å². The first-order valence-electron chi connectivity index (χ1n) is 4.89. The molecule has 0 fully saturated rings. The van der Waals surface area contributed by atoms with Gasteiger partial charge in [0.15, 0.2) is 0 Å². The standard InChI is InChI=1S/C11H10N4OS/c1-14(2)11(16)15-7-8(6-12)10(13-15)9-4-3-5-17-9/h3-5,7H,1-2H3. The third-order valence-corrected chi connectivity index (χ3v) is 3.04. The second-order valence-corrected chi connectivity index (χ2v) is 4.55. The van der Waals surface area contributed by atoms with Crippen LogP contribution in [0.2, 0.25) is 0 Å². The molecule has 0 bridgehead atoms. The van der Waals surface area contributed by atoms with Gasteiger partial charge in [0.1, 0.15) is 11.8 Å². The summed E-state index contributed by atoms with van der Waals surface area (Å²) >= 11 is 1.49. The first-order chi connectivity index (χ1) is 8.13. The fourth-order valence-electron chi connectivity index (χ4n) is 1.35. The van der Waals surface area contributed by atoms with Gasteiger partial charge in [-0.05, 0) is 11.4 Å². The van der Waals surface area contributed by atoms with Gasteiger partial charge in [-0.2, -0.15) is 15.0 Å². The van der Waals surface area contributed by atoms with Crippen molar-refractivity contribution >= 4 is 17.4 Å². The van der Waals surface area contributed by atoms with E-state index in [1.165, 1.54) is 27.1 Å². The van der Waals surface area contributed by atoms with E-state index in [4.69, 9.17) is 5.26 Å². The molecule has 0 aliphatic heterocycles. The molecule has 0 spiro atoms. The van der Waals surface area contributed by atoms with Crippen LogP contribution in [0.4, 0.5) is 4.79 Å². The minimum atomic E-state index is -0.274. The zero-order valence-electron chi connectivity index (χ0n) is 9.41. The summed E-state index contributed by atoms with van der Waals surface area (Å²) in [6.07, 6.45) is 1.46. The second-order valence-electron chi connectivity index (χ2n) is 3.60. The van der Waals surface area contributed by atoms with E-state index >= 15 is 0 Å². The highest BCUT2D eigenvalue weighted by Gasteiger charge is 2.16. The number of hydrogen-bond donors (Lipinski definition) is 0. The topological polar surface area (TPSA) is 61.9 Å². The monoisotopic (exact) mass is 246 g/mol. The Kier molecular flexibility index (Phi) is 2.93. The smallest absolute Gasteiger partial charge is 0.329 e. The van der Waals surface area contributed by atoms with E-state index in [0.717, 1.165) is 4.88 Å². The molecule has 0 radical (unpaired) electrons. The zero-order valence-corrected chi connectivity index (χ0v) is 10.2. The molecule has 17 heavy (non-hydrogen) atoms. The van der Waals surface area contributed by atoms with E-state index < -0.39 is 0 Å². The molecule has 2 heterocycles. The summed E-state index contributed by atoms with van der Waals surface area (Å²) < 4.78 is 1.19. The van der Waals surface area contributed by atoms with E-state index in [2.05, 4.69) is 11.2 Å². The minimum Gasteiger partial charge on any atom is -0.329 e. The molecule has 2 aromatic heterocycles. The van der Waals surface area contributed by atoms with Crippen molar-refractivity contribution < 1.29 is 4.79 Å². The average Bonchev–Trinajstić information content (AvgIpc) is 2.95. The summed E-state index contributed by atoms with van der Waals surface area (Å²) in [7, 11) is 3.28. The molecular formula is C11H10N4OS. The summed E-state index contributed by atoms with van der Waals surface area (Å²) in [6, 6.07) is 5.53. The minimum absolute atomic E-state index is 0.274. The van der Waals surface area contributed by atoms with E-state index in [1.807, 2.05) is 17.5 Å². The van der Waals surface area contributed by atoms with Crippen LogP contribution in [0.3, 0.4) is 0 Å². The molecule has 0 saturated carbocycles. The predicted octanol–water partition coefficient (Wildman–Crippen LogP) is 2.01. The first-order valence-corrected chi connectivity index (χ1v) is 5.76. The van der Waals surface area contributed by atoms with Crippen LogP contribution in [-0.2, 0) is 0 Å². The van der Waals surface area contributed by atoms with Gasteiger partial charge in [-0.25, -0.2) is 4.79 Å². The normalized spacial score (nSPS) is 9.94. The number of carbonyl (C=O) groups is 1. The number of rotatable bonds is 1. The Labute approximate surface area is 103 Å². The van der Waals surface area contributed by atoms with Gasteiger partial charge in [0.05, 0.1) is 16.6 Å². The Morgan fingerprint density at radius 3 is 2.88 bits per heavy atom. The molecule has 0 aliphatic rings. The number of nitriles is 1. The summed E-state index contributed by atoms with van der Waals surface area (Å²) in [5.41, 5.74) is 0.959. The lowest BCUT2D eigenvalue weighted by Gasteiger charge is -2.08. The van der Waals surface area contributed by atoms with Gasteiger partial charge in [0.2, 0.25) is 0 Å². The zero-order chi connectivity index (χ0) is 12.4. The van der Waals surface area contributed by atoms with Gasteiger partial charge in [0, 0.05) is 14.1 Å². The Morgan fingerprint density at radius 2 is 2.35 bits per heavy atom. The number of aromatic nitrogens is 2. The predicted molar refractivity (Wildman–Crippen MR) is 64.7 cm³/mol. The quantitative estimate of drug-likeness (QED) is 0.773. The highest BCUT2D eigenvalue weighted by molar-refractivity contribution is 7.13. The van der Waals surface area contributed by atoms with Crippen LogP contribution < -0.4 is 0 Å². The lowest BCUT2D eigenvalue weighted by molar-refractivity contribution is 0.216. The number of nitrogens with zero attached hydrogens (tertiary/aromatic N) is 4. The molecular weight excluding hydrogens is 236 g/mol. The summed E-state index contributed by atoms with van der Waals surface area (Å²) in [4.78, 5) is 14.0. The SMILES string of the molecule is CN(C)C(=O)n1cc(C#N)c(-c2cccs2)n1. The van der Waals surface area contributed by atoms with Gasteiger partial charge in [-0.3, -0.25) is 0 Å². The Hall–Kier alpha value is -2.13. The Morgan fingerprint density at radius 1 is 1.59 bits per heavy atom. The van der Waals surface area contributed by atoms with Crippen LogP contribution in [-0.4, -0.2) is 34.8 Å². The molecule has 1 amide bonds. The van der Waals surface area contributed by atoms with E-state index in [1.54, 1.807) is 14.1 Å². The molecule has 0 saturated heterocycles. The Bertz CT molecular complexity index is 577. The molecule has 0 unspecified atom stereocenters. The molecule has 86 valence electrons. The van der Waals surface area contributed by atoms with E-state index in [-0.39, 0.29) is 6.03 Å². The highest BCUT2D eigenvalue weighted by Crippen LogP contribution is 2.26. The maximum absolute atomic E-state index is 11.7. The van der Waals surface area contributed by atoms with Crippen LogP contribution in [0.1, 0.15) is 5.56 Å². The fraction of sp³-hybridized carbons (Fsp3) is 0.182. The number of amides is 1. The maximum Gasteiger partial charge on any atom is 0.344 e. The lowest BCUT2D eigenvalue weighted by Crippen LogP contribution is -2.27. The van der Waals surface area contributed by atoms with E-state index in [9.17, 15) is 4.79 Å². The van der Waals surface area contributed by atoms with Crippen molar-refractivity contribution in [3.05, 3.63) is 29.3 Å². The number of carbonyl (C=O) groups excluding carboxylic acids is 1. The van der Waals surface area contributed by atoms with Crippen molar-refractivity contribution in [3.63, 3.8) is 0 Å². The number of thiophene rings is 1. The second kappa shape index (κ2) is 4.39. The van der Waals surface area contributed by atoms with Crippen LogP contribution >= 0.6 is 11.3 Å². The molecule has 2 aromatic rings. The van der Waals surface area contributed by atoms with Gasteiger partial charge in [0.25, 0.3) is 0 Å². The van der Waals surface area contributed by atoms with Gasteiger partial charge >= 0.3 is 6.03 Å². The van der Waals surface area contributed by atoms with Crippen molar-refractivity contribution in [2.24, 2.45) is 0 Å². The molecule has 0 aromatic carbocycles. The third kappa shape index (κ3) is 2.05. The molecule has 0 aliphatic carbocycles. The van der Waals surface area contributed by atoms with Crippen LogP contribution in [0, 0.1) is 11.3 Å². The Balaban J connectivity index is 2.48. The van der Waals surface area contributed by atoms with Crippen LogP contribution in [0.25, 0.3) is 10.6 Å². The largest absolute Gasteiger partial charge is 0.344 e. The molecule has 0 N–H and O–H groups in total. The van der Waals surface area contributed by atoms with Crippen molar-refractivity contribution in [1.29, 1.82) is 5.26 Å². The fourth-order valence-corrected chi connectivity index (χ4v) is 2.08. The highest BCUT2D eigenvalue weighted by atomic mass is 32.1. The van der Waals surface area contributed by atoms with Crippen LogP contribution in [0.15, 0.2) is 23.7 Å². The van der Waals surface area contributed by atoms with Crippen LogP contribution in [0.5, 0.6) is 0 Å². The van der Waals surface area contributed by atoms with Gasteiger partial charge in [-0.15, -0.1) is 11.3 Å². The van der Waals surface area contributed by atoms with E-state index in [0.29, 0.717) is 11.3 Å². The lowest BCUT2D eigenvalue weighted by atomic mass is 10.2. The summed E-state index contributed by atoms with van der Waals surface area (Å²) in [5.74, 6) is 0. The van der Waals surface area contributed by atoms with Crippen molar-refractivity contribution in [3.8, 4) is 16.6 Å².